The van der Waals surface area contributed by atoms with E-state index in [2.05, 4.69) is 55.2 Å². The van der Waals surface area contributed by atoms with Gasteiger partial charge in [0.15, 0.2) is 0 Å². The third-order valence-electron chi connectivity index (χ3n) is 7.39. The number of benzene rings is 2. The minimum absolute atomic E-state index is 0.0487. The van der Waals surface area contributed by atoms with Crippen LogP contribution in [-0.2, 0) is 0 Å². The zero-order valence-corrected chi connectivity index (χ0v) is 20.8. The number of rotatable bonds is 7. The summed E-state index contributed by atoms with van der Waals surface area (Å²) < 4.78 is 0. The van der Waals surface area contributed by atoms with Crippen LogP contribution in [0.2, 0.25) is 0 Å². The zero-order valence-electron chi connectivity index (χ0n) is 19.7. The molecule has 0 aromatic heterocycles. The molecule has 33 heavy (non-hydrogen) atoms. The number of nitrogens with two attached hydrogens (primary N) is 1. The van der Waals surface area contributed by atoms with Crippen LogP contribution in [0.25, 0.3) is 0 Å². The average Bonchev–Trinajstić information content (AvgIpc) is 3.35. The summed E-state index contributed by atoms with van der Waals surface area (Å²) in [5.74, 6) is 0.502. The molecule has 0 spiro atoms. The molecule has 3 atom stereocenters. The summed E-state index contributed by atoms with van der Waals surface area (Å²) in [4.78, 5) is 17.5. The van der Waals surface area contributed by atoms with Crippen molar-refractivity contribution in [2.75, 3.05) is 32.7 Å². The molecule has 2 aromatic carbocycles. The van der Waals surface area contributed by atoms with Crippen molar-refractivity contribution in [3.8, 4) is 0 Å². The first kappa shape index (κ1) is 23.9. The molecule has 2 heterocycles. The summed E-state index contributed by atoms with van der Waals surface area (Å²) in [6.07, 6.45) is 3.45. The number of hydrogen-bond donors (Lipinski definition) is 2. The predicted molar refractivity (Wildman–Crippen MR) is 140 cm³/mol. The van der Waals surface area contributed by atoms with Crippen LogP contribution >= 0.6 is 9.24 Å². The Bertz CT molecular complexity index is 971. The number of nitrogens with zero attached hydrogens (tertiary/aromatic N) is 2. The molecule has 0 saturated carbocycles. The van der Waals surface area contributed by atoms with E-state index in [4.69, 9.17) is 5.73 Å². The van der Waals surface area contributed by atoms with Gasteiger partial charge in [-0.3, -0.25) is 9.69 Å². The quantitative estimate of drug-likeness (QED) is 0.618. The molecule has 176 valence electrons. The first-order valence-corrected chi connectivity index (χ1v) is 12.6. The third kappa shape index (κ3) is 5.84. The number of carbonyl (C=O) groups is 1. The third-order valence-corrected chi connectivity index (χ3v) is 8.01. The lowest BCUT2D eigenvalue weighted by atomic mass is 9.85. The molecule has 0 radical (unpaired) electrons. The molecule has 2 aliphatic heterocycles. The number of piperidine rings is 1. The van der Waals surface area contributed by atoms with Crippen LogP contribution in [0, 0.1) is 12.8 Å². The topological polar surface area (TPSA) is 61.6 Å². The molecule has 2 fully saturated rings. The normalized spacial score (nSPS) is 20.6. The Kier molecular flexibility index (Phi) is 7.85. The zero-order chi connectivity index (χ0) is 23.4. The molecule has 2 aromatic rings. The van der Waals surface area contributed by atoms with Crippen molar-refractivity contribution < 1.29 is 4.79 Å². The Hall–Kier alpha value is -2.20. The van der Waals surface area contributed by atoms with Crippen molar-refractivity contribution >= 4 is 20.5 Å². The molecule has 2 saturated heterocycles. The summed E-state index contributed by atoms with van der Waals surface area (Å²) in [5, 5.41) is 4.09. The molecule has 6 heteroatoms. The molecule has 5 nitrogen and oxygen atoms in total. The van der Waals surface area contributed by atoms with Gasteiger partial charge in [-0.1, -0.05) is 43.0 Å². The van der Waals surface area contributed by atoms with Crippen molar-refractivity contribution in [3.05, 3.63) is 77.5 Å². The van der Waals surface area contributed by atoms with E-state index < -0.39 is 0 Å². The molecule has 0 bridgehead atoms. The lowest BCUT2D eigenvalue weighted by Gasteiger charge is -2.38. The van der Waals surface area contributed by atoms with Crippen molar-refractivity contribution in [1.29, 1.82) is 0 Å². The van der Waals surface area contributed by atoms with E-state index in [1.165, 1.54) is 5.56 Å². The van der Waals surface area contributed by atoms with Crippen molar-refractivity contribution in [2.45, 2.75) is 38.3 Å². The number of carbonyl (C=O) groups excluding carboxylic acids is 1. The standard InChI is InChI=1S/C27H37N4OP/c1-19-8-9-23(16-25(19)33)27(32)29-17-20(2)31-15-12-24(18-31)30-13-10-22(11-14-30)26(28)21-6-4-3-5-7-21/h3-9,16,22,24,26H,2,10-15,17-18,28,33H2,1H3,(H,29,32). The van der Waals surface area contributed by atoms with Crippen LogP contribution in [0.15, 0.2) is 60.8 Å². The van der Waals surface area contributed by atoms with Crippen LogP contribution in [0.4, 0.5) is 0 Å². The van der Waals surface area contributed by atoms with Gasteiger partial charge in [-0.2, -0.15) is 0 Å². The molecule has 1 amide bonds. The highest BCUT2D eigenvalue weighted by Gasteiger charge is 2.32. The second-order valence-corrected chi connectivity index (χ2v) is 10.1. The number of hydrogen-bond acceptors (Lipinski definition) is 4. The number of amides is 1. The van der Waals surface area contributed by atoms with Crippen molar-refractivity contribution in [2.24, 2.45) is 11.7 Å². The monoisotopic (exact) mass is 464 g/mol. The molecular weight excluding hydrogens is 427 g/mol. The maximum Gasteiger partial charge on any atom is 0.251 e. The van der Waals surface area contributed by atoms with Gasteiger partial charge in [-0.05, 0) is 73.8 Å². The SMILES string of the molecule is C=C(CNC(=O)c1ccc(C)c(P)c1)N1CCC(N2CCC(C(N)c3ccccc3)CC2)C1. The number of likely N-dealkylation sites (tertiary alicyclic amines) is 2. The fourth-order valence-corrected chi connectivity index (χ4v) is 5.37. The highest BCUT2D eigenvalue weighted by atomic mass is 31.0. The van der Waals surface area contributed by atoms with Crippen LogP contribution in [0.5, 0.6) is 0 Å². The summed E-state index contributed by atoms with van der Waals surface area (Å²) >= 11 is 0. The van der Waals surface area contributed by atoms with E-state index >= 15 is 0 Å². The Morgan fingerprint density at radius 1 is 1.15 bits per heavy atom. The highest BCUT2D eigenvalue weighted by Crippen LogP contribution is 2.31. The molecule has 4 rings (SSSR count). The van der Waals surface area contributed by atoms with E-state index in [1.54, 1.807) is 0 Å². The first-order chi connectivity index (χ1) is 15.9. The van der Waals surface area contributed by atoms with Crippen LogP contribution in [-0.4, -0.2) is 54.5 Å². The Morgan fingerprint density at radius 2 is 1.88 bits per heavy atom. The second-order valence-electron chi connectivity index (χ2n) is 9.52. The number of nitrogens with one attached hydrogen (secondary N) is 1. The maximum absolute atomic E-state index is 12.5. The highest BCUT2D eigenvalue weighted by molar-refractivity contribution is 7.27. The van der Waals surface area contributed by atoms with Crippen molar-refractivity contribution in [1.82, 2.24) is 15.1 Å². The van der Waals surface area contributed by atoms with E-state index in [1.807, 2.05) is 31.2 Å². The molecule has 2 aliphatic rings. The Morgan fingerprint density at radius 3 is 2.58 bits per heavy atom. The minimum atomic E-state index is -0.0487. The summed E-state index contributed by atoms with van der Waals surface area (Å²) in [6.45, 7) is 11.0. The first-order valence-electron chi connectivity index (χ1n) is 12.0. The van der Waals surface area contributed by atoms with Gasteiger partial charge in [0.2, 0.25) is 0 Å². The summed E-state index contributed by atoms with van der Waals surface area (Å²) in [6, 6.07) is 17.0. The van der Waals surface area contributed by atoms with Gasteiger partial charge < -0.3 is 16.0 Å². The molecule has 0 aliphatic carbocycles. The number of aryl methyl sites for hydroxylation is 1. The summed E-state index contributed by atoms with van der Waals surface area (Å²) in [7, 11) is 2.69. The average molecular weight is 465 g/mol. The minimum Gasteiger partial charge on any atom is -0.372 e. The van der Waals surface area contributed by atoms with Crippen LogP contribution in [0.1, 0.15) is 46.8 Å². The van der Waals surface area contributed by atoms with E-state index in [0.717, 1.165) is 62.0 Å². The van der Waals surface area contributed by atoms with E-state index in [0.29, 0.717) is 24.1 Å². The Labute approximate surface area is 200 Å². The second kappa shape index (κ2) is 10.8. The summed E-state index contributed by atoms with van der Waals surface area (Å²) in [5.41, 5.74) is 10.7. The van der Waals surface area contributed by atoms with Gasteiger partial charge in [0, 0.05) is 36.4 Å². The molecule has 3 unspecified atom stereocenters. The van der Waals surface area contributed by atoms with Gasteiger partial charge in [0.05, 0.1) is 6.54 Å². The Balaban J connectivity index is 1.22. The van der Waals surface area contributed by atoms with Gasteiger partial charge in [-0.25, -0.2) is 0 Å². The smallest absolute Gasteiger partial charge is 0.251 e. The van der Waals surface area contributed by atoms with E-state index in [9.17, 15) is 4.79 Å². The maximum atomic E-state index is 12.5. The van der Waals surface area contributed by atoms with Gasteiger partial charge in [0.25, 0.3) is 5.91 Å². The van der Waals surface area contributed by atoms with Gasteiger partial charge in [-0.15, -0.1) is 9.24 Å². The predicted octanol–water partition coefficient (Wildman–Crippen LogP) is 3.23. The van der Waals surface area contributed by atoms with Crippen LogP contribution in [0.3, 0.4) is 0 Å². The lowest BCUT2D eigenvalue weighted by Crippen LogP contribution is -2.44. The fraction of sp³-hybridized carbons (Fsp3) is 0.444. The van der Waals surface area contributed by atoms with Crippen LogP contribution < -0.4 is 16.4 Å². The largest absolute Gasteiger partial charge is 0.372 e. The molecule has 3 N–H and O–H groups in total. The van der Waals surface area contributed by atoms with E-state index in [-0.39, 0.29) is 11.9 Å². The molecular formula is C27H37N4OP. The van der Waals surface area contributed by atoms with Crippen molar-refractivity contribution in [3.63, 3.8) is 0 Å². The van der Waals surface area contributed by atoms with Gasteiger partial charge in [0.1, 0.15) is 0 Å². The van der Waals surface area contributed by atoms with Gasteiger partial charge >= 0.3 is 0 Å². The fourth-order valence-electron chi connectivity index (χ4n) is 5.10. The lowest BCUT2D eigenvalue weighted by molar-refractivity contribution is 0.0954.